The number of amides is 2. The molecule has 2 amide bonds. The number of carbonyl (C=O) groups excluding carboxylic acids is 2. The largest absolute Gasteiger partial charge is 0.274 e. The molecule has 4 atom stereocenters. The third-order valence-electron chi connectivity index (χ3n) is 4.41. The van der Waals surface area contributed by atoms with Gasteiger partial charge in [-0.1, -0.05) is 23.8 Å². The molecule has 0 radical (unpaired) electrons. The van der Waals surface area contributed by atoms with E-state index >= 15 is 0 Å². The van der Waals surface area contributed by atoms with Crippen LogP contribution < -0.4 is 4.90 Å². The molecule has 2 bridgehead atoms. The summed E-state index contributed by atoms with van der Waals surface area (Å²) in [7, 11) is 0. The third kappa shape index (κ3) is 1.38. The Hall–Kier alpha value is -1.68. The first-order chi connectivity index (χ1) is 9.16. The Bertz CT molecular complexity index is 580. The zero-order chi connectivity index (χ0) is 13.1. The predicted octanol–water partition coefficient (Wildman–Crippen LogP) is 2.05. The molecular weight excluding hydrogens is 264 g/mol. The van der Waals surface area contributed by atoms with E-state index in [1.165, 1.54) is 11.1 Å². The lowest BCUT2D eigenvalue weighted by Crippen LogP contribution is -2.33. The Labute approximate surface area is 115 Å². The van der Waals surface area contributed by atoms with Crippen LogP contribution in [-0.4, -0.2) is 16.8 Å². The smallest absolute Gasteiger partial charge is 0.239 e. The fourth-order valence-electron chi connectivity index (χ4n) is 3.63. The Morgan fingerprint density at radius 1 is 1.11 bits per heavy atom. The molecule has 0 spiro atoms. The average molecular weight is 275 g/mol. The number of imide groups is 1. The molecule has 0 N–H and O–H groups in total. The number of hydrogen-bond donors (Lipinski definition) is 0. The number of aromatic nitrogens is 1. The van der Waals surface area contributed by atoms with E-state index in [0.717, 1.165) is 6.42 Å². The molecule has 1 aromatic heterocycles. The van der Waals surface area contributed by atoms with Crippen molar-refractivity contribution in [1.29, 1.82) is 0 Å². The van der Waals surface area contributed by atoms with Crippen LogP contribution in [0.4, 0.5) is 5.82 Å². The number of allylic oxidation sites excluding steroid dienone is 2. The van der Waals surface area contributed by atoms with Gasteiger partial charge in [0.15, 0.2) is 0 Å². The molecule has 1 aromatic rings. The summed E-state index contributed by atoms with van der Waals surface area (Å²) in [5, 5.41) is 0.491. The second kappa shape index (κ2) is 3.67. The second-order valence-electron chi connectivity index (χ2n) is 5.35. The highest BCUT2D eigenvalue weighted by molar-refractivity contribution is 6.30. The van der Waals surface area contributed by atoms with E-state index in [2.05, 4.69) is 17.1 Å². The number of rotatable bonds is 1. The highest BCUT2D eigenvalue weighted by Crippen LogP contribution is 2.52. The summed E-state index contributed by atoms with van der Waals surface area (Å²) in [5.41, 5.74) is 0. The molecule has 4 nitrogen and oxygen atoms in total. The van der Waals surface area contributed by atoms with Gasteiger partial charge in [0, 0.05) is 6.20 Å². The monoisotopic (exact) mass is 274 g/mol. The molecule has 0 unspecified atom stereocenters. The lowest BCUT2D eigenvalue weighted by atomic mass is 9.85. The van der Waals surface area contributed by atoms with Gasteiger partial charge in [0.2, 0.25) is 11.8 Å². The fraction of sp³-hybridized carbons (Fsp3) is 0.357. The lowest BCUT2D eigenvalue weighted by molar-refractivity contribution is -0.123. The Balaban J connectivity index is 1.74. The first-order valence-corrected chi connectivity index (χ1v) is 6.72. The first-order valence-electron chi connectivity index (χ1n) is 6.34. The summed E-state index contributed by atoms with van der Waals surface area (Å²) in [6, 6.07) is 3.26. The maximum atomic E-state index is 12.5. The topological polar surface area (TPSA) is 50.3 Å². The molecule has 2 fully saturated rings. The third-order valence-corrected chi connectivity index (χ3v) is 4.63. The SMILES string of the molecule is O=C1[C@@H]2[C@H](C(=O)N1c1ccc(Cl)cn1)[C@@H]1C=C[C@@H]2C1. The van der Waals surface area contributed by atoms with Crippen molar-refractivity contribution in [2.24, 2.45) is 23.7 Å². The van der Waals surface area contributed by atoms with Crippen LogP contribution in [0.15, 0.2) is 30.5 Å². The minimum absolute atomic E-state index is 0.110. The van der Waals surface area contributed by atoms with E-state index in [1.54, 1.807) is 12.1 Å². The first kappa shape index (κ1) is 11.2. The zero-order valence-corrected chi connectivity index (χ0v) is 10.7. The van der Waals surface area contributed by atoms with Crippen molar-refractivity contribution < 1.29 is 9.59 Å². The number of fused-ring (bicyclic) bond motifs is 5. The van der Waals surface area contributed by atoms with Crippen molar-refractivity contribution in [3.8, 4) is 0 Å². The lowest BCUT2D eigenvalue weighted by Gasteiger charge is -2.15. The van der Waals surface area contributed by atoms with Gasteiger partial charge < -0.3 is 0 Å². The Morgan fingerprint density at radius 2 is 1.74 bits per heavy atom. The van der Waals surface area contributed by atoms with Crippen LogP contribution in [0, 0.1) is 23.7 Å². The van der Waals surface area contributed by atoms with Gasteiger partial charge in [-0.25, -0.2) is 9.88 Å². The Kier molecular flexibility index (Phi) is 2.16. The maximum Gasteiger partial charge on any atom is 0.239 e. The van der Waals surface area contributed by atoms with E-state index in [9.17, 15) is 9.59 Å². The minimum Gasteiger partial charge on any atom is -0.274 e. The molecule has 96 valence electrons. The van der Waals surface area contributed by atoms with Gasteiger partial charge in [-0.2, -0.15) is 0 Å². The van der Waals surface area contributed by atoms with Crippen molar-refractivity contribution >= 4 is 29.2 Å². The van der Waals surface area contributed by atoms with Crippen molar-refractivity contribution in [2.45, 2.75) is 6.42 Å². The highest BCUT2D eigenvalue weighted by atomic mass is 35.5. The van der Waals surface area contributed by atoms with Crippen molar-refractivity contribution in [1.82, 2.24) is 4.98 Å². The molecule has 3 aliphatic rings. The molecule has 1 saturated carbocycles. The number of hydrogen-bond acceptors (Lipinski definition) is 3. The fourth-order valence-corrected chi connectivity index (χ4v) is 3.74. The number of pyridine rings is 1. The molecule has 1 aliphatic heterocycles. The van der Waals surface area contributed by atoms with E-state index in [1.807, 2.05) is 0 Å². The van der Waals surface area contributed by atoms with Crippen molar-refractivity contribution in [2.75, 3.05) is 4.90 Å². The van der Waals surface area contributed by atoms with E-state index in [-0.39, 0.29) is 35.5 Å². The van der Waals surface area contributed by atoms with Gasteiger partial charge in [0.05, 0.1) is 16.9 Å². The van der Waals surface area contributed by atoms with E-state index in [0.29, 0.717) is 10.8 Å². The van der Waals surface area contributed by atoms with Crippen molar-refractivity contribution in [3.63, 3.8) is 0 Å². The normalized spacial score (nSPS) is 35.3. The van der Waals surface area contributed by atoms with Crippen LogP contribution in [0.2, 0.25) is 5.02 Å². The minimum atomic E-state index is -0.181. The summed E-state index contributed by atoms with van der Waals surface area (Å²) >= 11 is 5.78. The molecule has 2 aliphatic carbocycles. The zero-order valence-electron chi connectivity index (χ0n) is 9.99. The quantitative estimate of drug-likeness (QED) is 0.582. The highest BCUT2D eigenvalue weighted by Gasteiger charge is 2.59. The van der Waals surface area contributed by atoms with Crippen LogP contribution in [0.1, 0.15) is 6.42 Å². The maximum absolute atomic E-state index is 12.5. The summed E-state index contributed by atoms with van der Waals surface area (Å²) in [5.74, 6) is 0.254. The number of nitrogens with zero attached hydrogens (tertiary/aromatic N) is 2. The summed E-state index contributed by atoms with van der Waals surface area (Å²) in [6.45, 7) is 0. The Morgan fingerprint density at radius 3 is 2.26 bits per heavy atom. The van der Waals surface area contributed by atoms with Gasteiger partial charge in [-0.15, -0.1) is 0 Å². The van der Waals surface area contributed by atoms with Crippen LogP contribution in [0.5, 0.6) is 0 Å². The number of anilines is 1. The molecule has 0 aromatic carbocycles. The molecule has 2 heterocycles. The van der Waals surface area contributed by atoms with Gasteiger partial charge in [-0.3, -0.25) is 9.59 Å². The standard InChI is InChI=1S/C14H11ClN2O2/c15-9-3-4-10(16-6-9)17-13(18)11-7-1-2-8(5-7)12(11)14(17)19/h1-4,6-8,11-12H,5H2/t7-,8-,11-,12+/m1/s1. The molecule has 19 heavy (non-hydrogen) atoms. The van der Waals surface area contributed by atoms with Gasteiger partial charge >= 0.3 is 0 Å². The van der Waals surface area contributed by atoms with Crippen LogP contribution in [0.25, 0.3) is 0 Å². The summed E-state index contributed by atoms with van der Waals surface area (Å²) in [4.78, 5) is 30.3. The van der Waals surface area contributed by atoms with Gasteiger partial charge in [-0.05, 0) is 30.4 Å². The van der Waals surface area contributed by atoms with Crippen LogP contribution >= 0.6 is 11.6 Å². The van der Waals surface area contributed by atoms with Crippen LogP contribution in [0.3, 0.4) is 0 Å². The molecule has 4 rings (SSSR count). The van der Waals surface area contributed by atoms with Gasteiger partial charge in [0.1, 0.15) is 5.82 Å². The molecule has 5 heteroatoms. The van der Waals surface area contributed by atoms with E-state index in [4.69, 9.17) is 11.6 Å². The summed E-state index contributed by atoms with van der Waals surface area (Å²) < 4.78 is 0. The van der Waals surface area contributed by atoms with E-state index < -0.39 is 0 Å². The number of carbonyl (C=O) groups is 2. The average Bonchev–Trinajstić information content (AvgIpc) is 3.06. The van der Waals surface area contributed by atoms with Gasteiger partial charge in [0.25, 0.3) is 0 Å². The van der Waals surface area contributed by atoms with Crippen molar-refractivity contribution in [3.05, 3.63) is 35.5 Å². The summed E-state index contributed by atoms with van der Waals surface area (Å²) in [6.07, 6.45) is 6.55. The second-order valence-corrected chi connectivity index (χ2v) is 5.78. The molecule has 1 saturated heterocycles. The predicted molar refractivity (Wildman–Crippen MR) is 69.5 cm³/mol. The van der Waals surface area contributed by atoms with Crippen LogP contribution in [-0.2, 0) is 9.59 Å². The molecular formula is C14H11ClN2O2. The number of halogens is 1.